The zero-order valence-electron chi connectivity index (χ0n) is 8.09. The van der Waals surface area contributed by atoms with E-state index in [4.69, 9.17) is 0 Å². The van der Waals surface area contributed by atoms with E-state index in [9.17, 15) is 0 Å². The van der Waals surface area contributed by atoms with E-state index in [0.29, 0.717) is 0 Å². The quantitative estimate of drug-likeness (QED) is 0.568. The molecule has 3 aliphatic rings. The third-order valence-corrected chi connectivity index (χ3v) is 3.92. The Morgan fingerprint density at radius 1 is 1.21 bits per heavy atom. The minimum Gasteiger partial charge on any atom is -0.0798 e. The second-order valence-electron chi connectivity index (χ2n) is 4.52. The highest BCUT2D eigenvalue weighted by Gasteiger charge is 2.32. The monoisotopic (exact) mass is 180 g/mol. The van der Waals surface area contributed by atoms with Crippen LogP contribution in [0.15, 0.2) is 30.4 Å². The molecule has 0 N–H and O–H groups in total. The zero-order chi connectivity index (χ0) is 9.12. The highest BCUT2D eigenvalue weighted by atomic mass is 14.4. The SMILES string of the molecule is C1=CC2=c3c(cccc3=C3CCC32)C1. The first kappa shape index (κ1) is 7.05. The van der Waals surface area contributed by atoms with Crippen molar-refractivity contribution >= 4 is 11.1 Å². The van der Waals surface area contributed by atoms with E-state index in [2.05, 4.69) is 30.4 Å². The van der Waals surface area contributed by atoms with Gasteiger partial charge < -0.3 is 0 Å². The van der Waals surface area contributed by atoms with Crippen LogP contribution < -0.4 is 10.4 Å². The summed E-state index contributed by atoms with van der Waals surface area (Å²) in [5.74, 6) is 0.794. The Hall–Kier alpha value is -1.30. The molecule has 0 nitrogen and oxygen atoms in total. The predicted molar refractivity (Wildman–Crippen MR) is 58.1 cm³/mol. The molecule has 3 aliphatic carbocycles. The number of rotatable bonds is 0. The molecule has 0 aromatic heterocycles. The molecular weight excluding hydrogens is 168 g/mol. The minimum absolute atomic E-state index is 0.794. The molecule has 68 valence electrons. The molecule has 0 heterocycles. The predicted octanol–water partition coefficient (Wildman–Crippen LogP) is 1.52. The number of benzene rings is 1. The van der Waals surface area contributed by atoms with E-state index in [1.807, 2.05) is 0 Å². The third-order valence-electron chi connectivity index (χ3n) is 3.92. The van der Waals surface area contributed by atoms with Crippen molar-refractivity contribution in [3.8, 4) is 0 Å². The van der Waals surface area contributed by atoms with E-state index in [1.54, 1.807) is 27.1 Å². The van der Waals surface area contributed by atoms with E-state index >= 15 is 0 Å². The van der Waals surface area contributed by atoms with Gasteiger partial charge in [-0.2, -0.15) is 0 Å². The van der Waals surface area contributed by atoms with Gasteiger partial charge in [-0.3, -0.25) is 0 Å². The lowest BCUT2D eigenvalue weighted by Crippen LogP contribution is -2.28. The average Bonchev–Trinajstić information content (AvgIpc) is 2.36. The van der Waals surface area contributed by atoms with Crippen molar-refractivity contribution in [2.75, 3.05) is 0 Å². The largest absolute Gasteiger partial charge is 0.0798 e. The Balaban J connectivity index is 2.30. The number of hydrogen-bond acceptors (Lipinski definition) is 0. The van der Waals surface area contributed by atoms with Gasteiger partial charge in [0.15, 0.2) is 0 Å². The molecule has 1 aromatic rings. The van der Waals surface area contributed by atoms with Crippen molar-refractivity contribution in [3.05, 3.63) is 46.4 Å². The number of allylic oxidation sites excluding steroid dienone is 2. The van der Waals surface area contributed by atoms with Gasteiger partial charge in [-0.15, -0.1) is 0 Å². The van der Waals surface area contributed by atoms with Crippen LogP contribution in [-0.4, -0.2) is 0 Å². The van der Waals surface area contributed by atoms with Crippen LogP contribution in [-0.2, 0) is 6.42 Å². The van der Waals surface area contributed by atoms with E-state index in [1.165, 1.54) is 12.8 Å². The van der Waals surface area contributed by atoms with Crippen molar-refractivity contribution < 1.29 is 0 Å². The third kappa shape index (κ3) is 0.639. The minimum atomic E-state index is 0.794. The first-order valence-electron chi connectivity index (χ1n) is 5.47. The second kappa shape index (κ2) is 2.20. The molecule has 14 heavy (non-hydrogen) atoms. The summed E-state index contributed by atoms with van der Waals surface area (Å²) in [7, 11) is 0. The van der Waals surface area contributed by atoms with Gasteiger partial charge in [0, 0.05) is 5.92 Å². The van der Waals surface area contributed by atoms with Crippen molar-refractivity contribution in [1.29, 1.82) is 0 Å². The van der Waals surface area contributed by atoms with Crippen LogP contribution in [0.5, 0.6) is 0 Å². The topological polar surface area (TPSA) is 0 Å². The maximum Gasteiger partial charge on any atom is 0.00665 e. The van der Waals surface area contributed by atoms with Gasteiger partial charge >= 0.3 is 0 Å². The molecule has 1 unspecified atom stereocenters. The van der Waals surface area contributed by atoms with E-state index < -0.39 is 0 Å². The molecule has 1 atom stereocenters. The molecule has 4 rings (SSSR count). The number of hydrogen-bond donors (Lipinski definition) is 0. The van der Waals surface area contributed by atoms with E-state index in [0.717, 1.165) is 12.3 Å². The fraction of sp³-hybridized carbons (Fsp3) is 0.286. The highest BCUT2D eigenvalue weighted by Crippen LogP contribution is 2.42. The average molecular weight is 180 g/mol. The van der Waals surface area contributed by atoms with Crippen LogP contribution >= 0.6 is 0 Å². The molecule has 0 amide bonds. The fourth-order valence-corrected chi connectivity index (χ4v) is 3.16. The highest BCUT2D eigenvalue weighted by molar-refractivity contribution is 5.81. The molecule has 1 fully saturated rings. The second-order valence-corrected chi connectivity index (χ2v) is 4.52. The molecule has 0 bridgehead atoms. The first-order valence-corrected chi connectivity index (χ1v) is 5.47. The van der Waals surface area contributed by atoms with Crippen LogP contribution in [0.1, 0.15) is 18.4 Å². The van der Waals surface area contributed by atoms with Gasteiger partial charge in [-0.1, -0.05) is 35.9 Å². The fourth-order valence-electron chi connectivity index (χ4n) is 3.16. The summed E-state index contributed by atoms with van der Waals surface area (Å²) < 4.78 is 0. The van der Waals surface area contributed by atoms with Crippen molar-refractivity contribution in [2.45, 2.75) is 19.3 Å². The van der Waals surface area contributed by atoms with Gasteiger partial charge in [-0.05, 0) is 40.8 Å². The van der Waals surface area contributed by atoms with Crippen molar-refractivity contribution in [2.24, 2.45) is 5.92 Å². The molecule has 0 heteroatoms. The Kier molecular flexibility index (Phi) is 1.11. The summed E-state index contributed by atoms with van der Waals surface area (Å²) in [5.41, 5.74) is 4.87. The van der Waals surface area contributed by atoms with Crippen molar-refractivity contribution in [3.63, 3.8) is 0 Å². The standard InChI is InChI=1S/C14H12/c1-3-9-4-2-6-13-11-8-7-10(11)12(5-1)14(9)13/h1-3,5-6,11H,4,7-8H2. The van der Waals surface area contributed by atoms with E-state index in [-0.39, 0.29) is 0 Å². The van der Waals surface area contributed by atoms with Crippen molar-refractivity contribution in [1.82, 2.24) is 0 Å². The Bertz CT molecular complexity index is 573. The zero-order valence-corrected chi connectivity index (χ0v) is 8.09. The van der Waals surface area contributed by atoms with Gasteiger partial charge in [0.2, 0.25) is 0 Å². The molecule has 1 saturated carbocycles. The van der Waals surface area contributed by atoms with Gasteiger partial charge in [0.05, 0.1) is 0 Å². The first-order chi connectivity index (χ1) is 6.95. The van der Waals surface area contributed by atoms with Gasteiger partial charge in [0.1, 0.15) is 0 Å². The smallest absolute Gasteiger partial charge is 0.00665 e. The van der Waals surface area contributed by atoms with Crippen LogP contribution in [0.4, 0.5) is 0 Å². The Morgan fingerprint density at radius 3 is 3.07 bits per heavy atom. The summed E-state index contributed by atoms with van der Waals surface area (Å²) in [6, 6.07) is 6.82. The molecule has 0 aliphatic heterocycles. The van der Waals surface area contributed by atoms with Crippen LogP contribution in [0.3, 0.4) is 0 Å². The molecular formula is C14H12. The van der Waals surface area contributed by atoms with Gasteiger partial charge in [0.25, 0.3) is 0 Å². The number of fused-ring (bicyclic) bond motifs is 2. The maximum atomic E-state index is 2.36. The summed E-state index contributed by atoms with van der Waals surface area (Å²) in [6.07, 6.45) is 8.53. The van der Waals surface area contributed by atoms with Crippen LogP contribution in [0, 0.1) is 5.92 Å². The van der Waals surface area contributed by atoms with Crippen LogP contribution in [0.2, 0.25) is 0 Å². The van der Waals surface area contributed by atoms with Gasteiger partial charge in [-0.25, -0.2) is 0 Å². The Labute approximate surface area is 83.3 Å². The summed E-state index contributed by atoms with van der Waals surface area (Å²) in [6.45, 7) is 0. The Morgan fingerprint density at radius 2 is 2.21 bits per heavy atom. The molecule has 0 saturated heterocycles. The molecule has 0 spiro atoms. The summed E-state index contributed by atoms with van der Waals surface area (Å²) in [4.78, 5) is 0. The normalized spacial score (nSPS) is 25.9. The summed E-state index contributed by atoms with van der Waals surface area (Å²) >= 11 is 0. The lowest BCUT2D eigenvalue weighted by molar-refractivity contribution is 0.640. The lowest BCUT2D eigenvalue weighted by atomic mass is 9.77. The summed E-state index contributed by atoms with van der Waals surface area (Å²) in [5, 5.41) is 3.16. The molecule has 1 aromatic carbocycles. The van der Waals surface area contributed by atoms with Crippen LogP contribution in [0.25, 0.3) is 11.1 Å². The lowest BCUT2D eigenvalue weighted by Gasteiger charge is -2.27. The molecule has 0 radical (unpaired) electrons. The maximum absolute atomic E-state index is 2.36.